The Morgan fingerprint density at radius 2 is 2.27 bits per heavy atom. The Balaban J connectivity index is 2.27. The van der Waals surface area contributed by atoms with Crippen molar-refractivity contribution >= 4 is 5.97 Å². The number of hydrogen-bond acceptors (Lipinski definition) is 2. The van der Waals surface area contributed by atoms with Gasteiger partial charge in [-0.25, -0.2) is 0 Å². The van der Waals surface area contributed by atoms with Crippen molar-refractivity contribution in [2.24, 2.45) is 5.41 Å². The molecule has 0 saturated carbocycles. The van der Waals surface area contributed by atoms with E-state index in [0.717, 1.165) is 45.1 Å². The molecule has 0 aromatic rings. The summed E-state index contributed by atoms with van der Waals surface area (Å²) in [5.41, 5.74) is -0.478. The molecule has 0 aromatic carbocycles. The summed E-state index contributed by atoms with van der Waals surface area (Å²) in [5.74, 6) is -0.628. The number of aliphatic carboxylic acids is 1. The smallest absolute Gasteiger partial charge is 0.310 e. The predicted octanol–water partition coefficient (Wildman–Crippen LogP) is 2.19. The fourth-order valence-corrected chi connectivity index (χ4v) is 2.18. The Hall–Kier alpha value is -0.830. The minimum absolute atomic E-state index is 0.478. The maximum atomic E-state index is 11.2. The van der Waals surface area contributed by atoms with Crippen LogP contribution in [0.4, 0.5) is 0 Å². The zero-order chi connectivity index (χ0) is 11.1. The second kappa shape index (κ2) is 5.91. The average molecular weight is 211 g/mol. The highest BCUT2D eigenvalue weighted by Gasteiger charge is 2.40. The van der Waals surface area contributed by atoms with Crippen molar-refractivity contribution in [1.29, 1.82) is 0 Å². The summed E-state index contributed by atoms with van der Waals surface area (Å²) in [6, 6.07) is 0. The Bertz CT molecular complexity index is 220. The Kier molecular flexibility index (Phi) is 4.82. The van der Waals surface area contributed by atoms with Gasteiger partial charge < -0.3 is 10.4 Å². The van der Waals surface area contributed by atoms with Crippen LogP contribution in [0.2, 0.25) is 0 Å². The summed E-state index contributed by atoms with van der Waals surface area (Å²) in [7, 11) is 0. The van der Waals surface area contributed by atoms with E-state index in [1.165, 1.54) is 0 Å². The largest absolute Gasteiger partial charge is 0.481 e. The van der Waals surface area contributed by atoms with Crippen LogP contribution in [-0.2, 0) is 4.79 Å². The van der Waals surface area contributed by atoms with E-state index in [1.54, 1.807) is 0 Å². The Morgan fingerprint density at radius 3 is 2.80 bits per heavy atom. The lowest BCUT2D eigenvalue weighted by Gasteiger charge is -2.22. The van der Waals surface area contributed by atoms with Crippen LogP contribution >= 0.6 is 0 Å². The number of rotatable bonds is 7. The lowest BCUT2D eigenvalue weighted by Crippen LogP contribution is -2.33. The molecule has 1 atom stereocenters. The molecule has 86 valence electrons. The number of unbranched alkanes of at least 4 members (excludes halogenated alkanes) is 3. The van der Waals surface area contributed by atoms with E-state index >= 15 is 0 Å². The van der Waals surface area contributed by atoms with Crippen molar-refractivity contribution in [2.45, 2.75) is 38.5 Å². The number of allylic oxidation sites excluding steroid dienone is 1. The fraction of sp³-hybridized carbons (Fsp3) is 0.750. The molecule has 1 aliphatic rings. The van der Waals surface area contributed by atoms with Gasteiger partial charge in [0.05, 0.1) is 5.41 Å². The molecule has 1 unspecified atom stereocenters. The lowest BCUT2D eigenvalue weighted by atomic mass is 9.82. The van der Waals surface area contributed by atoms with Gasteiger partial charge in [0, 0.05) is 6.54 Å². The number of nitrogens with one attached hydrogen (secondary N) is 1. The summed E-state index contributed by atoms with van der Waals surface area (Å²) >= 11 is 0. The fourth-order valence-electron chi connectivity index (χ4n) is 2.18. The molecule has 0 aromatic heterocycles. The third-order valence-electron chi connectivity index (χ3n) is 3.26. The van der Waals surface area contributed by atoms with Crippen LogP contribution in [0.1, 0.15) is 38.5 Å². The lowest BCUT2D eigenvalue weighted by molar-refractivity contribution is -0.148. The first-order chi connectivity index (χ1) is 7.21. The predicted molar refractivity (Wildman–Crippen MR) is 60.8 cm³/mol. The molecule has 1 aliphatic heterocycles. The van der Waals surface area contributed by atoms with Gasteiger partial charge >= 0.3 is 5.97 Å². The standard InChI is InChI=1S/C12H21NO2/c1-2-3-4-5-6-7-12(11(14)15)8-9-13-10-12/h2,13H,1,3-10H2,(H,14,15). The third kappa shape index (κ3) is 3.34. The second-order valence-electron chi connectivity index (χ2n) is 4.40. The molecule has 3 nitrogen and oxygen atoms in total. The zero-order valence-corrected chi connectivity index (χ0v) is 9.30. The number of carbonyl (C=O) groups is 1. The number of carboxylic acid groups (broad SMARTS) is 1. The van der Waals surface area contributed by atoms with E-state index < -0.39 is 11.4 Å². The second-order valence-corrected chi connectivity index (χ2v) is 4.40. The van der Waals surface area contributed by atoms with E-state index in [9.17, 15) is 9.90 Å². The minimum Gasteiger partial charge on any atom is -0.481 e. The highest BCUT2D eigenvalue weighted by atomic mass is 16.4. The summed E-state index contributed by atoms with van der Waals surface area (Å²) in [6.45, 7) is 5.16. The first-order valence-corrected chi connectivity index (χ1v) is 5.76. The SMILES string of the molecule is C=CCCCCCC1(C(=O)O)CCNC1. The van der Waals surface area contributed by atoms with Crippen molar-refractivity contribution in [3.8, 4) is 0 Å². The maximum Gasteiger partial charge on any atom is 0.310 e. The molecule has 0 aliphatic carbocycles. The number of hydrogen-bond donors (Lipinski definition) is 2. The maximum absolute atomic E-state index is 11.2. The molecule has 0 spiro atoms. The monoisotopic (exact) mass is 211 g/mol. The molecule has 0 bridgehead atoms. The molecular formula is C12H21NO2. The van der Waals surface area contributed by atoms with Gasteiger partial charge in [0.1, 0.15) is 0 Å². The van der Waals surface area contributed by atoms with Crippen molar-refractivity contribution in [1.82, 2.24) is 5.32 Å². The first kappa shape index (κ1) is 12.2. The molecule has 1 fully saturated rings. The van der Waals surface area contributed by atoms with Gasteiger partial charge in [-0.1, -0.05) is 18.9 Å². The van der Waals surface area contributed by atoms with Crippen molar-refractivity contribution < 1.29 is 9.90 Å². The summed E-state index contributed by atoms with van der Waals surface area (Å²) in [5, 5.41) is 12.4. The Morgan fingerprint density at radius 1 is 1.47 bits per heavy atom. The van der Waals surface area contributed by atoms with Crippen molar-refractivity contribution in [3.63, 3.8) is 0 Å². The molecule has 0 radical (unpaired) electrons. The molecule has 2 N–H and O–H groups in total. The van der Waals surface area contributed by atoms with E-state index in [-0.39, 0.29) is 0 Å². The van der Waals surface area contributed by atoms with Gasteiger partial charge in [-0.15, -0.1) is 6.58 Å². The summed E-state index contributed by atoms with van der Waals surface area (Å²) < 4.78 is 0. The minimum atomic E-state index is -0.628. The van der Waals surface area contributed by atoms with Gasteiger partial charge in [0.15, 0.2) is 0 Å². The average Bonchev–Trinajstić information content (AvgIpc) is 2.67. The molecule has 0 amide bonds. The highest BCUT2D eigenvalue weighted by Crippen LogP contribution is 2.32. The van der Waals surface area contributed by atoms with E-state index in [4.69, 9.17) is 0 Å². The van der Waals surface area contributed by atoms with Crippen molar-refractivity contribution in [2.75, 3.05) is 13.1 Å². The molecule has 1 heterocycles. The van der Waals surface area contributed by atoms with E-state index in [2.05, 4.69) is 11.9 Å². The Labute approximate surface area is 91.6 Å². The van der Waals surface area contributed by atoms with E-state index in [1.807, 2.05) is 6.08 Å². The van der Waals surface area contributed by atoms with Gasteiger partial charge in [-0.2, -0.15) is 0 Å². The molecule has 1 saturated heterocycles. The topological polar surface area (TPSA) is 49.3 Å². The highest BCUT2D eigenvalue weighted by molar-refractivity contribution is 5.75. The third-order valence-corrected chi connectivity index (χ3v) is 3.26. The molecule has 15 heavy (non-hydrogen) atoms. The van der Waals surface area contributed by atoms with E-state index in [0.29, 0.717) is 6.54 Å². The van der Waals surface area contributed by atoms with Gasteiger partial charge in [-0.3, -0.25) is 4.79 Å². The van der Waals surface area contributed by atoms with Crippen LogP contribution in [0.3, 0.4) is 0 Å². The number of carboxylic acids is 1. The summed E-state index contributed by atoms with van der Waals surface area (Å²) in [4.78, 5) is 11.2. The first-order valence-electron chi connectivity index (χ1n) is 5.76. The van der Waals surface area contributed by atoms with Crippen LogP contribution in [0.25, 0.3) is 0 Å². The molecule has 3 heteroatoms. The summed E-state index contributed by atoms with van der Waals surface area (Å²) in [6.07, 6.45) is 7.81. The van der Waals surface area contributed by atoms with Crippen LogP contribution in [0.15, 0.2) is 12.7 Å². The zero-order valence-electron chi connectivity index (χ0n) is 9.30. The van der Waals surface area contributed by atoms with Crippen LogP contribution < -0.4 is 5.32 Å². The van der Waals surface area contributed by atoms with Gasteiger partial charge in [-0.05, 0) is 32.2 Å². The quantitative estimate of drug-likeness (QED) is 0.501. The van der Waals surface area contributed by atoms with Crippen LogP contribution in [0, 0.1) is 5.41 Å². The van der Waals surface area contributed by atoms with Crippen LogP contribution in [0.5, 0.6) is 0 Å². The van der Waals surface area contributed by atoms with Gasteiger partial charge in [0.25, 0.3) is 0 Å². The molecular weight excluding hydrogens is 190 g/mol. The van der Waals surface area contributed by atoms with Crippen LogP contribution in [-0.4, -0.2) is 24.2 Å². The normalized spacial score (nSPS) is 25.3. The van der Waals surface area contributed by atoms with Gasteiger partial charge in [0.2, 0.25) is 0 Å². The van der Waals surface area contributed by atoms with Crippen molar-refractivity contribution in [3.05, 3.63) is 12.7 Å². The molecule has 1 rings (SSSR count).